The first-order valence-electron chi connectivity index (χ1n) is 7.09. The summed E-state index contributed by atoms with van der Waals surface area (Å²) >= 11 is 0. The third-order valence-electron chi connectivity index (χ3n) is 3.60. The monoisotopic (exact) mass is 263 g/mol. The van der Waals surface area contributed by atoms with Gasteiger partial charge in [0, 0.05) is 26.1 Å². The predicted octanol–water partition coefficient (Wildman–Crippen LogP) is 3.13. The average Bonchev–Trinajstić information content (AvgIpc) is 3.21. The summed E-state index contributed by atoms with van der Waals surface area (Å²) in [6, 6.07) is 9.07. The van der Waals surface area contributed by atoms with E-state index in [1.54, 1.807) is 7.11 Å². The SMILES string of the molecule is COC(C)(C)CCOc1cccc(CNC2CC2)c1. The number of nitrogens with one attached hydrogen (secondary N) is 1. The van der Waals surface area contributed by atoms with Crippen LogP contribution >= 0.6 is 0 Å². The molecular weight excluding hydrogens is 238 g/mol. The first-order chi connectivity index (χ1) is 9.09. The highest BCUT2D eigenvalue weighted by Crippen LogP contribution is 2.21. The average molecular weight is 263 g/mol. The smallest absolute Gasteiger partial charge is 0.119 e. The van der Waals surface area contributed by atoms with E-state index in [1.807, 2.05) is 6.07 Å². The van der Waals surface area contributed by atoms with Crippen LogP contribution < -0.4 is 10.1 Å². The molecule has 2 rings (SSSR count). The first-order valence-corrected chi connectivity index (χ1v) is 7.09. The Morgan fingerprint density at radius 3 is 2.79 bits per heavy atom. The second kappa shape index (κ2) is 6.40. The summed E-state index contributed by atoms with van der Waals surface area (Å²) in [6.07, 6.45) is 3.53. The molecule has 1 aromatic rings. The molecule has 0 spiro atoms. The van der Waals surface area contributed by atoms with Gasteiger partial charge in [0.25, 0.3) is 0 Å². The zero-order valence-electron chi connectivity index (χ0n) is 12.2. The minimum atomic E-state index is -0.120. The summed E-state index contributed by atoms with van der Waals surface area (Å²) < 4.78 is 11.2. The molecule has 0 bridgehead atoms. The Hall–Kier alpha value is -1.06. The van der Waals surface area contributed by atoms with E-state index in [1.165, 1.54) is 18.4 Å². The van der Waals surface area contributed by atoms with Gasteiger partial charge in [0.2, 0.25) is 0 Å². The molecule has 0 atom stereocenters. The molecule has 3 heteroatoms. The number of benzene rings is 1. The molecule has 0 radical (unpaired) electrons. The molecule has 1 N–H and O–H groups in total. The van der Waals surface area contributed by atoms with Gasteiger partial charge in [0.1, 0.15) is 5.75 Å². The van der Waals surface area contributed by atoms with Crippen molar-refractivity contribution in [3.63, 3.8) is 0 Å². The fraction of sp³-hybridized carbons (Fsp3) is 0.625. The van der Waals surface area contributed by atoms with E-state index in [2.05, 4.69) is 37.4 Å². The number of ether oxygens (including phenoxy) is 2. The van der Waals surface area contributed by atoms with E-state index in [0.29, 0.717) is 6.61 Å². The Kier molecular flexibility index (Phi) is 4.83. The van der Waals surface area contributed by atoms with Crippen molar-refractivity contribution in [1.82, 2.24) is 5.32 Å². The van der Waals surface area contributed by atoms with Gasteiger partial charge in [-0.15, -0.1) is 0 Å². The molecule has 0 aromatic heterocycles. The Morgan fingerprint density at radius 2 is 2.11 bits per heavy atom. The summed E-state index contributed by atoms with van der Waals surface area (Å²) in [7, 11) is 1.74. The lowest BCUT2D eigenvalue weighted by Crippen LogP contribution is -2.25. The van der Waals surface area contributed by atoms with Gasteiger partial charge in [-0.2, -0.15) is 0 Å². The van der Waals surface area contributed by atoms with Crippen molar-refractivity contribution in [2.75, 3.05) is 13.7 Å². The van der Waals surface area contributed by atoms with Crippen molar-refractivity contribution in [1.29, 1.82) is 0 Å². The van der Waals surface area contributed by atoms with Crippen LogP contribution in [0.25, 0.3) is 0 Å². The minimum absolute atomic E-state index is 0.120. The van der Waals surface area contributed by atoms with Crippen LogP contribution in [0.1, 0.15) is 38.7 Å². The highest BCUT2D eigenvalue weighted by atomic mass is 16.5. The quantitative estimate of drug-likeness (QED) is 0.781. The lowest BCUT2D eigenvalue weighted by Gasteiger charge is -2.22. The van der Waals surface area contributed by atoms with E-state index in [0.717, 1.165) is 24.8 Å². The molecule has 0 aliphatic heterocycles. The molecule has 19 heavy (non-hydrogen) atoms. The van der Waals surface area contributed by atoms with Crippen molar-refractivity contribution in [3.05, 3.63) is 29.8 Å². The fourth-order valence-corrected chi connectivity index (χ4v) is 1.81. The van der Waals surface area contributed by atoms with Crippen LogP contribution in [0, 0.1) is 0 Å². The van der Waals surface area contributed by atoms with Crippen LogP contribution in [-0.4, -0.2) is 25.4 Å². The van der Waals surface area contributed by atoms with Crippen molar-refractivity contribution in [2.45, 2.75) is 51.3 Å². The molecule has 3 nitrogen and oxygen atoms in total. The maximum Gasteiger partial charge on any atom is 0.119 e. The molecule has 1 aliphatic carbocycles. The van der Waals surface area contributed by atoms with Crippen LogP contribution in [0.15, 0.2) is 24.3 Å². The minimum Gasteiger partial charge on any atom is -0.493 e. The van der Waals surface area contributed by atoms with Gasteiger partial charge >= 0.3 is 0 Å². The van der Waals surface area contributed by atoms with E-state index < -0.39 is 0 Å². The third-order valence-corrected chi connectivity index (χ3v) is 3.60. The summed E-state index contributed by atoms with van der Waals surface area (Å²) in [5.74, 6) is 0.946. The second-order valence-corrected chi connectivity index (χ2v) is 5.86. The van der Waals surface area contributed by atoms with Crippen molar-refractivity contribution < 1.29 is 9.47 Å². The topological polar surface area (TPSA) is 30.5 Å². The summed E-state index contributed by atoms with van der Waals surface area (Å²) in [4.78, 5) is 0. The Morgan fingerprint density at radius 1 is 1.32 bits per heavy atom. The van der Waals surface area contributed by atoms with E-state index >= 15 is 0 Å². The van der Waals surface area contributed by atoms with E-state index in [-0.39, 0.29) is 5.60 Å². The maximum absolute atomic E-state index is 5.80. The summed E-state index contributed by atoms with van der Waals surface area (Å²) in [5.41, 5.74) is 1.17. The van der Waals surface area contributed by atoms with Crippen LogP contribution in [0.2, 0.25) is 0 Å². The fourth-order valence-electron chi connectivity index (χ4n) is 1.81. The van der Waals surface area contributed by atoms with Gasteiger partial charge in [0.15, 0.2) is 0 Å². The molecule has 1 fully saturated rings. The molecule has 106 valence electrons. The molecule has 1 aliphatic rings. The van der Waals surface area contributed by atoms with Gasteiger partial charge in [-0.05, 0) is 44.4 Å². The van der Waals surface area contributed by atoms with Gasteiger partial charge in [-0.25, -0.2) is 0 Å². The number of rotatable bonds is 8. The largest absolute Gasteiger partial charge is 0.493 e. The lowest BCUT2D eigenvalue weighted by molar-refractivity contribution is 0.00545. The summed E-state index contributed by atoms with van der Waals surface area (Å²) in [5, 5.41) is 3.51. The second-order valence-electron chi connectivity index (χ2n) is 5.86. The van der Waals surface area contributed by atoms with Gasteiger partial charge < -0.3 is 14.8 Å². The van der Waals surface area contributed by atoms with Gasteiger partial charge in [-0.3, -0.25) is 0 Å². The van der Waals surface area contributed by atoms with Crippen molar-refractivity contribution in [2.24, 2.45) is 0 Å². The highest BCUT2D eigenvalue weighted by molar-refractivity contribution is 5.28. The Bertz CT molecular complexity index is 399. The molecular formula is C16H25NO2. The van der Waals surface area contributed by atoms with Crippen LogP contribution in [-0.2, 0) is 11.3 Å². The number of methoxy groups -OCH3 is 1. The molecule has 0 amide bonds. The number of hydrogen-bond acceptors (Lipinski definition) is 3. The first kappa shape index (κ1) is 14.4. The Balaban J connectivity index is 1.77. The maximum atomic E-state index is 5.80. The van der Waals surface area contributed by atoms with Crippen molar-refractivity contribution >= 4 is 0 Å². The standard InChI is InChI=1S/C16H25NO2/c1-16(2,18-3)9-10-19-15-6-4-5-13(11-15)12-17-14-7-8-14/h4-6,11,14,17H,7-10,12H2,1-3H3. The van der Waals surface area contributed by atoms with E-state index in [4.69, 9.17) is 9.47 Å². The molecule has 0 saturated heterocycles. The van der Waals surface area contributed by atoms with Gasteiger partial charge in [0.05, 0.1) is 12.2 Å². The molecule has 0 unspecified atom stereocenters. The zero-order valence-corrected chi connectivity index (χ0v) is 12.2. The third kappa shape index (κ3) is 5.21. The van der Waals surface area contributed by atoms with Crippen LogP contribution in [0.3, 0.4) is 0 Å². The molecule has 0 heterocycles. The summed E-state index contributed by atoms with van der Waals surface area (Å²) in [6.45, 7) is 5.77. The molecule has 1 saturated carbocycles. The van der Waals surface area contributed by atoms with Crippen LogP contribution in [0.4, 0.5) is 0 Å². The molecule has 1 aromatic carbocycles. The van der Waals surface area contributed by atoms with Crippen LogP contribution in [0.5, 0.6) is 5.75 Å². The van der Waals surface area contributed by atoms with E-state index in [9.17, 15) is 0 Å². The van der Waals surface area contributed by atoms with Crippen molar-refractivity contribution in [3.8, 4) is 5.75 Å². The zero-order chi connectivity index (χ0) is 13.7. The predicted molar refractivity (Wildman–Crippen MR) is 77.5 cm³/mol. The highest BCUT2D eigenvalue weighted by Gasteiger charge is 2.20. The lowest BCUT2D eigenvalue weighted by atomic mass is 10.1. The Labute approximate surface area is 116 Å². The number of hydrogen-bond donors (Lipinski definition) is 1. The normalized spacial score (nSPS) is 15.5. The van der Waals surface area contributed by atoms with Gasteiger partial charge in [-0.1, -0.05) is 12.1 Å².